The Bertz CT molecular complexity index is 1120. The highest BCUT2D eigenvalue weighted by atomic mass is 35.5. The minimum Gasteiger partial charge on any atom is -0.364 e. The molecule has 1 atom stereocenters. The maximum absolute atomic E-state index is 12.8. The first-order valence-electron chi connectivity index (χ1n) is 11.1. The predicted molar refractivity (Wildman–Crippen MR) is 134 cm³/mol. The Balaban J connectivity index is 2.00. The number of hydrogen-bond donors (Lipinski definition) is 1. The van der Waals surface area contributed by atoms with Crippen LogP contribution in [0.3, 0.4) is 0 Å². The van der Waals surface area contributed by atoms with Crippen LogP contribution in [-0.4, -0.2) is 17.5 Å². The van der Waals surface area contributed by atoms with Crippen LogP contribution in [0.1, 0.15) is 69.2 Å². The Kier molecular flexibility index (Phi) is 6.72. The lowest BCUT2D eigenvalue weighted by Gasteiger charge is -2.50. The second-order valence-corrected chi connectivity index (χ2v) is 10.2. The van der Waals surface area contributed by atoms with Crippen molar-refractivity contribution in [2.24, 2.45) is 0 Å². The molecule has 1 amide bonds. The number of nitrogens with zero attached hydrogens (tertiary/aromatic N) is 2. The van der Waals surface area contributed by atoms with Gasteiger partial charge in [-0.25, -0.2) is 0 Å². The van der Waals surface area contributed by atoms with Crippen molar-refractivity contribution in [3.8, 4) is 6.07 Å². The summed E-state index contributed by atoms with van der Waals surface area (Å²) in [7, 11) is 0. The molecule has 1 heterocycles. The smallest absolute Gasteiger partial charge is 0.266 e. The van der Waals surface area contributed by atoms with E-state index in [0.717, 1.165) is 23.1 Å². The number of amides is 1. The number of halogens is 1. The normalized spacial score (nSPS) is 17.7. The van der Waals surface area contributed by atoms with E-state index >= 15 is 0 Å². The number of carbonyl (C=O) groups is 1. The number of hydrogen-bond acceptors (Lipinski definition) is 3. The van der Waals surface area contributed by atoms with Crippen molar-refractivity contribution in [2.45, 2.75) is 72.4 Å². The molecule has 0 unspecified atom stereocenters. The maximum atomic E-state index is 12.8. The van der Waals surface area contributed by atoms with Gasteiger partial charge in [0, 0.05) is 28.0 Å². The SMILES string of the molecule is Cc1cc2c(cc1/C=C(/C#N)C(=O)Nc1cc(Cl)ccc1C)[C@@H](C)CC(C)(C)N2C(C)C. The van der Waals surface area contributed by atoms with Gasteiger partial charge < -0.3 is 10.2 Å². The zero-order valence-electron chi connectivity index (χ0n) is 20.0. The molecule has 0 bridgehead atoms. The zero-order valence-corrected chi connectivity index (χ0v) is 20.8. The first kappa shape index (κ1) is 23.9. The molecule has 0 saturated carbocycles. The number of anilines is 2. The topological polar surface area (TPSA) is 56.1 Å². The highest BCUT2D eigenvalue weighted by Crippen LogP contribution is 2.45. The first-order chi connectivity index (χ1) is 14.9. The summed E-state index contributed by atoms with van der Waals surface area (Å²) in [6.07, 6.45) is 2.74. The molecule has 0 saturated heterocycles. The third-order valence-electron chi connectivity index (χ3n) is 6.29. The van der Waals surface area contributed by atoms with Gasteiger partial charge in [-0.05, 0) is 106 Å². The average molecular weight is 450 g/mol. The van der Waals surface area contributed by atoms with Crippen molar-refractivity contribution in [3.05, 3.63) is 63.2 Å². The highest BCUT2D eigenvalue weighted by Gasteiger charge is 2.37. The molecule has 0 aliphatic carbocycles. The summed E-state index contributed by atoms with van der Waals surface area (Å²) in [6, 6.07) is 12.1. The summed E-state index contributed by atoms with van der Waals surface area (Å²) in [5, 5.41) is 13.1. The van der Waals surface area contributed by atoms with E-state index in [1.54, 1.807) is 18.2 Å². The molecule has 32 heavy (non-hydrogen) atoms. The summed E-state index contributed by atoms with van der Waals surface area (Å²) < 4.78 is 0. The fourth-order valence-corrected chi connectivity index (χ4v) is 5.14. The molecular formula is C27H32ClN3O. The van der Waals surface area contributed by atoms with Crippen LogP contribution in [0.5, 0.6) is 0 Å². The molecule has 2 aromatic rings. The van der Waals surface area contributed by atoms with E-state index in [1.165, 1.54) is 11.3 Å². The summed E-state index contributed by atoms with van der Waals surface area (Å²) in [6.45, 7) is 15.2. The van der Waals surface area contributed by atoms with Gasteiger partial charge >= 0.3 is 0 Å². The standard InChI is InChI=1S/C27H32ClN3O/c1-16(2)31-25-10-18(4)20(12-23(25)19(5)14-27(31,6)7)11-21(15-29)26(32)30-24-13-22(28)9-8-17(24)3/h8-13,16,19H,14H2,1-7H3,(H,30,32)/b21-11-/t19-/m0/s1. The monoisotopic (exact) mass is 449 g/mol. The molecule has 3 rings (SSSR count). The number of rotatable bonds is 4. The third-order valence-corrected chi connectivity index (χ3v) is 6.53. The van der Waals surface area contributed by atoms with Crippen LogP contribution in [0.4, 0.5) is 11.4 Å². The van der Waals surface area contributed by atoms with Gasteiger partial charge in [-0.15, -0.1) is 0 Å². The summed E-state index contributed by atoms with van der Waals surface area (Å²) in [5.74, 6) is -0.0517. The second kappa shape index (κ2) is 9.00. The van der Waals surface area contributed by atoms with Crippen molar-refractivity contribution < 1.29 is 4.79 Å². The van der Waals surface area contributed by atoms with Crippen LogP contribution in [-0.2, 0) is 4.79 Å². The van der Waals surface area contributed by atoms with E-state index in [-0.39, 0.29) is 11.1 Å². The molecule has 168 valence electrons. The summed E-state index contributed by atoms with van der Waals surface area (Å²) >= 11 is 6.06. The van der Waals surface area contributed by atoms with Crippen molar-refractivity contribution >= 4 is 35.0 Å². The average Bonchev–Trinajstić information content (AvgIpc) is 2.68. The van der Waals surface area contributed by atoms with Crippen LogP contribution < -0.4 is 10.2 Å². The van der Waals surface area contributed by atoms with Crippen molar-refractivity contribution in [1.29, 1.82) is 5.26 Å². The molecule has 5 heteroatoms. The Morgan fingerprint density at radius 3 is 2.56 bits per heavy atom. The Hall–Kier alpha value is -2.77. The quantitative estimate of drug-likeness (QED) is 0.403. The first-order valence-corrected chi connectivity index (χ1v) is 11.5. The fourth-order valence-electron chi connectivity index (χ4n) is 4.97. The fraction of sp³-hybridized carbons (Fsp3) is 0.407. The minimum absolute atomic E-state index is 0.0664. The van der Waals surface area contributed by atoms with Gasteiger partial charge in [-0.3, -0.25) is 4.79 Å². The Morgan fingerprint density at radius 1 is 1.25 bits per heavy atom. The lowest BCUT2D eigenvalue weighted by molar-refractivity contribution is -0.112. The van der Waals surface area contributed by atoms with Gasteiger partial charge in [0.2, 0.25) is 0 Å². The zero-order chi connectivity index (χ0) is 23.8. The van der Waals surface area contributed by atoms with E-state index in [0.29, 0.717) is 22.7 Å². The van der Waals surface area contributed by atoms with Crippen molar-refractivity contribution in [2.75, 3.05) is 10.2 Å². The van der Waals surface area contributed by atoms with Crippen LogP contribution in [0.2, 0.25) is 5.02 Å². The lowest BCUT2D eigenvalue weighted by atomic mass is 9.78. The number of benzene rings is 2. The van der Waals surface area contributed by atoms with Crippen LogP contribution in [0.15, 0.2) is 35.9 Å². The summed E-state index contributed by atoms with van der Waals surface area (Å²) in [5.41, 5.74) is 6.07. The number of aryl methyl sites for hydroxylation is 2. The molecule has 1 N–H and O–H groups in total. The molecular weight excluding hydrogens is 418 g/mol. The number of nitriles is 1. The van der Waals surface area contributed by atoms with Gasteiger partial charge in [0.1, 0.15) is 11.6 Å². The van der Waals surface area contributed by atoms with E-state index in [4.69, 9.17) is 11.6 Å². The molecule has 4 nitrogen and oxygen atoms in total. The lowest BCUT2D eigenvalue weighted by Crippen LogP contribution is -2.51. The van der Waals surface area contributed by atoms with Gasteiger partial charge in [0.15, 0.2) is 0 Å². The van der Waals surface area contributed by atoms with Gasteiger partial charge in [0.25, 0.3) is 5.91 Å². The minimum atomic E-state index is -0.437. The summed E-state index contributed by atoms with van der Waals surface area (Å²) in [4.78, 5) is 15.3. The van der Waals surface area contributed by atoms with Crippen LogP contribution >= 0.6 is 11.6 Å². The largest absolute Gasteiger partial charge is 0.364 e. The maximum Gasteiger partial charge on any atom is 0.266 e. The van der Waals surface area contributed by atoms with E-state index < -0.39 is 5.91 Å². The molecule has 1 aliphatic rings. The number of nitrogens with one attached hydrogen (secondary N) is 1. The molecule has 2 aromatic carbocycles. The third kappa shape index (κ3) is 4.69. The molecule has 1 aliphatic heterocycles. The van der Waals surface area contributed by atoms with Crippen molar-refractivity contribution in [3.63, 3.8) is 0 Å². The van der Waals surface area contributed by atoms with E-state index in [9.17, 15) is 10.1 Å². The molecule has 0 radical (unpaired) electrons. The molecule has 0 aromatic heterocycles. The van der Waals surface area contributed by atoms with Crippen molar-refractivity contribution in [1.82, 2.24) is 0 Å². The predicted octanol–water partition coefficient (Wildman–Crippen LogP) is 7.00. The number of carbonyl (C=O) groups excluding carboxylic acids is 1. The van der Waals surface area contributed by atoms with Gasteiger partial charge in [-0.2, -0.15) is 5.26 Å². The second-order valence-electron chi connectivity index (χ2n) is 9.73. The van der Waals surface area contributed by atoms with E-state index in [2.05, 4.69) is 63.0 Å². The Labute approximate surface area is 196 Å². The Morgan fingerprint density at radius 2 is 1.94 bits per heavy atom. The van der Waals surface area contributed by atoms with Gasteiger partial charge in [0.05, 0.1) is 0 Å². The molecule has 0 fully saturated rings. The van der Waals surface area contributed by atoms with Gasteiger partial charge in [-0.1, -0.05) is 24.6 Å². The van der Waals surface area contributed by atoms with Crippen LogP contribution in [0.25, 0.3) is 6.08 Å². The number of fused-ring (bicyclic) bond motifs is 1. The van der Waals surface area contributed by atoms with E-state index in [1.807, 2.05) is 19.9 Å². The molecule has 0 spiro atoms. The van der Waals surface area contributed by atoms with Crippen LogP contribution in [0, 0.1) is 25.2 Å². The highest BCUT2D eigenvalue weighted by molar-refractivity contribution is 6.31.